The molecule has 15 heavy (non-hydrogen) atoms. The van der Waals surface area contributed by atoms with Gasteiger partial charge in [0.15, 0.2) is 0 Å². The van der Waals surface area contributed by atoms with Crippen LogP contribution >= 0.6 is 35.1 Å². The van der Waals surface area contributed by atoms with Gasteiger partial charge in [-0.3, -0.25) is 4.99 Å². The van der Waals surface area contributed by atoms with Crippen LogP contribution < -0.4 is 0 Å². The minimum atomic E-state index is 0.360. The maximum Gasteiger partial charge on any atom is 0.125 e. The molecular weight excluding hydrogens is 246 g/mol. The van der Waals surface area contributed by atoms with Gasteiger partial charge in [-0.1, -0.05) is 35.5 Å². The standard InChI is InChI=1S/C11H12ClNS2/c1-7-10(15-11(13-7)14-2)8-3-5-9(12)6-4-8/h3-7,10H,1-2H3/t7-,10+/m1/s1. The Balaban J connectivity index is 2.17. The van der Waals surface area contributed by atoms with Crippen LogP contribution in [0.25, 0.3) is 0 Å². The number of thioether (sulfide) groups is 2. The second-order valence-corrected chi connectivity index (χ2v) is 6.05. The summed E-state index contributed by atoms with van der Waals surface area (Å²) in [6, 6.07) is 8.44. The normalized spacial score (nSPS) is 25.4. The third-order valence-corrected chi connectivity index (χ3v) is 5.07. The quantitative estimate of drug-likeness (QED) is 0.746. The van der Waals surface area contributed by atoms with Crippen molar-refractivity contribution in [2.45, 2.75) is 18.2 Å². The summed E-state index contributed by atoms with van der Waals surface area (Å²) in [6.07, 6.45) is 2.07. The summed E-state index contributed by atoms with van der Waals surface area (Å²) in [7, 11) is 0. The largest absolute Gasteiger partial charge is 0.267 e. The van der Waals surface area contributed by atoms with Gasteiger partial charge in [0.25, 0.3) is 0 Å². The van der Waals surface area contributed by atoms with Crippen molar-refractivity contribution in [1.82, 2.24) is 0 Å². The minimum Gasteiger partial charge on any atom is -0.267 e. The van der Waals surface area contributed by atoms with Crippen LogP contribution in [0, 0.1) is 0 Å². The van der Waals surface area contributed by atoms with Crippen molar-refractivity contribution < 1.29 is 0 Å². The summed E-state index contributed by atoms with van der Waals surface area (Å²) in [5, 5.41) is 1.24. The molecule has 0 aliphatic carbocycles. The highest BCUT2D eigenvalue weighted by atomic mass is 35.5. The van der Waals surface area contributed by atoms with Gasteiger partial charge in [0.05, 0.1) is 11.3 Å². The zero-order chi connectivity index (χ0) is 10.8. The van der Waals surface area contributed by atoms with Gasteiger partial charge in [0.1, 0.15) is 4.38 Å². The monoisotopic (exact) mass is 257 g/mol. The Morgan fingerprint density at radius 1 is 1.33 bits per heavy atom. The summed E-state index contributed by atoms with van der Waals surface area (Å²) in [5.41, 5.74) is 1.31. The van der Waals surface area contributed by atoms with Crippen LogP contribution in [-0.4, -0.2) is 16.7 Å². The molecule has 0 aromatic heterocycles. The fourth-order valence-corrected chi connectivity index (χ4v) is 3.66. The summed E-state index contributed by atoms with van der Waals surface area (Å²) >= 11 is 9.44. The van der Waals surface area contributed by atoms with Crippen LogP contribution in [0.3, 0.4) is 0 Å². The Morgan fingerprint density at radius 2 is 2.00 bits per heavy atom. The molecule has 4 heteroatoms. The molecule has 0 N–H and O–H groups in total. The van der Waals surface area contributed by atoms with Gasteiger partial charge in [-0.15, -0.1) is 11.8 Å². The smallest absolute Gasteiger partial charge is 0.125 e. The molecule has 0 radical (unpaired) electrons. The molecule has 0 spiro atoms. The Bertz CT molecular complexity index is 375. The maximum atomic E-state index is 5.87. The number of nitrogens with zero attached hydrogens (tertiary/aromatic N) is 1. The predicted octanol–water partition coefficient (Wildman–Crippen LogP) is 4.24. The first-order chi connectivity index (χ1) is 7.20. The summed E-state index contributed by atoms with van der Waals surface area (Å²) < 4.78 is 1.18. The molecule has 0 unspecified atom stereocenters. The zero-order valence-electron chi connectivity index (χ0n) is 8.61. The van der Waals surface area contributed by atoms with E-state index in [-0.39, 0.29) is 0 Å². The Morgan fingerprint density at radius 3 is 2.53 bits per heavy atom. The fourth-order valence-electron chi connectivity index (χ4n) is 1.57. The van der Waals surface area contributed by atoms with Crippen LogP contribution in [0.2, 0.25) is 5.02 Å². The number of aliphatic imine (C=N–C) groups is 1. The van der Waals surface area contributed by atoms with Gasteiger partial charge in [-0.2, -0.15) is 0 Å². The number of rotatable bonds is 1. The molecule has 1 aliphatic rings. The Kier molecular flexibility index (Phi) is 3.65. The topological polar surface area (TPSA) is 12.4 Å². The average Bonchev–Trinajstić information content (AvgIpc) is 2.61. The lowest BCUT2D eigenvalue weighted by Gasteiger charge is -2.13. The zero-order valence-corrected chi connectivity index (χ0v) is 11.0. The number of hydrogen-bond acceptors (Lipinski definition) is 3. The van der Waals surface area contributed by atoms with E-state index in [4.69, 9.17) is 11.6 Å². The van der Waals surface area contributed by atoms with Gasteiger partial charge >= 0.3 is 0 Å². The average molecular weight is 258 g/mol. The van der Waals surface area contributed by atoms with E-state index >= 15 is 0 Å². The highest BCUT2D eigenvalue weighted by Crippen LogP contribution is 2.42. The van der Waals surface area contributed by atoms with Crippen LogP contribution in [0.15, 0.2) is 29.3 Å². The number of halogens is 1. The molecule has 0 saturated carbocycles. The third-order valence-electron chi connectivity index (χ3n) is 2.35. The van der Waals surface area contributed by atoms with E-state index in [9.17, 15) is 0 Å². The molecule has 0 saturated heterocycles. The molecular formula is C11H12ClNS2. The first-order valence-electron chi connectivity index (χ1n) is 4.74. The summed E-state index contributed by atoms with van der Waals surface area (Å²) in [4.78, 5) is 4.60. The third kappa shape index (κ3) is 2.52. The van der Waals surface area contributed by atoms with E-state index in [0.29, 0.717) is 11.3 Å². The molecule has 0 bridgehead atoms. The predicted molar refractivity (Wildman–Crippen MR) is 72.2 cm³/mol. The van der Waals surface area contributed by atoms with Gasteiger partial charge in [0.2, 0.25) is 0 Å². The van der Waals surface area contributed by atoms with Crippen LogP contribution in [0.5, 0.6) is 0 Å². The van der Waals surface area contributed by atoms with E-state index in [1.807, 2.05) is 23.9 Å². The lowest BCUT2D eigenvalue weighted by Crippen LogP contribution is -2.04. The molecule has 1 nitrogen and oxygen atoms in total. The van der Waals surface area contributed by atoms with Crippen molar-refractivity contribution in [3.05, 3.63) is 34.9 Å². The van der Waals surface area contributed by atoms with Crippen molar-refractivity contribution in [1.29, 1.82) is 0 Å². The van der Waals surface area contributed by atoms with E-state index in [1.165, 1.54) is 9.94 Å². The van der Waals surface area contributed by atoms with Crippen molar-refractivity contribution in [3.8, 4) is 0 Å². The molecule has 0 fully saturated rings. The van der Waals surface area contributed by atoms with Gasteiger partial charge in [-0.25, -0.2) is 0 Å². The minimum absolute atomic E-state index is 0.360. The number of hydrogen-bond donors (Lipinski definition) is 0. The molecule has 1 aromatic carbocycles. The van der Waals surface area contributed by atoms with Gasteiger partial charge in [-0.05, 0) is 30.9 Å². The first kappa shape index (κ1) is 11.4. The van der Waals surface area contributed by atoms with E-state index in [1.54, 1.807) is 11.8 Å². The summed E-state index contributed by atoms with van der Waals surface area (Å²) in [5.74, 6) is 0. The lowest BCUT2D eigenvalue weighted by atomic mass is 10.1. The van der Waals surface area contributed by atoms with Gasteiger partial charge in [0, 0.05) is 5.02 Å². The second kappa shape index (κ2) is 4.81. The molecule has 2 rings (SSSR count). The van der Waals surface area contributed by atoms with Gasteiger partial charge < -0.3 is 0 Å². The van der Waals surface area contributed by atoms with E-state index < -0.39 is 0 Å². The molecule has 0 amide bonds. The van der Waals surface area contributed by atoms with Crippen LogP contribution in [0.1, 0.15) is 17.7 Å². The highest BCUT2D eigenvalue weighted by molar-refractivity contribution is 8.38. The van der Waals surface area contributed by atoms with Crippen molar-refractivity contribution in [2.24, 2.45) is 4.99 Å². The van der Waals surface area contributed by atoms with Crippen molar-refractivity contribution >= 4 is 39.5 Å². The maximum absolute atomic E-state index is 5.87. The molecule has 2 atom stereocenters. The fraction of sp³-hybridized carbons (Fsp3) is 0.364. The lowest BCUT2D eigenvalue weighted by molar-refractivity contribution is 0.741. The Hall–Kier alpha value is -0.120. The molecule has 1 heterocycles. The molecule has 1 aliphatic heterocycles. The van der Waals surface area contributed by atoms with Crippen molar-refractivity contribution in [2.75, 3.05) is 6.26 Å². The van der Waals surface area contributed by atoms with E-state index in [0.717, 1.165) is 5.02 Å². The summed E-state index contributed by atoms with van der Waals surface area (Å²) in [6.45, 7) is 2.16. The van der Waals surface area contributed by atoms with E-state index in [2.05, 4.69) is 30.3 Å². The second-order valence-electron chi connectivity index (χ2n) is 3.43. The first-order valence-corrected chi connectivity index (χ1v) is 7.23. The van der Waals surface area contributed by atoms with Crippen LogP contribution in [-0.2, 0) is 0 Å². The van der Waals surface area contributed by atoms with Crippen molar-refractivity contribution in [3.63, 3.8) is 0 Å². The molecule has 80 valence electrons. The molecule has 1 aromatic rings. The SMILES string of the molecule is CSC1=N[C@H](C)[C@@H](c2ccc(Cl)cc2)S1. The van der Waals surface area contributed by atoms with Crippen LogP contribution in [0.4, 0.5) is 0 Å². The Labute approximate surface area is 104 Å². The number of benzene rings is 1. The highest BCUT2D eigenvalue weighted by Gasteiger charge is 2.27.